The van der Waals surface area contributed by atoms with Gasteiger partial charge in [0.1, 0.15) is 0 Å². The Hall–Kier alpha value is -0.160. The van der Waals surface area contributed by atoms with E-state index in [2.05, 4.69) is 29.2 Å². The number of hydrogen-bond donors (Lipinski definition) is 1. The molecule has 3 unspecified atom stereocenters. The molecule has 4 nitrogen and oxygen atoms in total. The Labute approximate surface area is 123 Å². The highest BCUT2D eigenvalue weighted by molar-refractivity contribution is 4.93. The minimum Gasteiger partial charge on any atom is -0.375 e. The van der Waals surface area contributed by atoms with Crippen LogP contribution in [0.5, 0.6) is 0 Å². The van der Waals surface area contributed by atoms with Gasteiger partial charge in [0.05, 0.1) is 12.7 Å². The summed E-state index contributed by atoms with van der Waals surface area (Å²) in [6.07, 6.45) is 7.06. The fraction of sp³-hybridized carbons (Fsp3) is 1.00. The standard InChI is InChI=1S/C16H31N3O/c1-18(2)14-3-4-15-16(11-14)20-10-9-19(15)12-13-5-7-17-8-6-13/h13-17H,3-12H2,1-2H3. The zero-order valence-electron chi connectivity index (χ0n) is 13.2. The molecule has 0 aromatic rings. The molecule has 3 aliphatic rings. The molecule has 2 heterocycles. The average molecular weight is 281 g/mol. The molecule has 116 valence electrons. The quantitative estimate of drug-likeness (QED) is 0.840. The van der Waals surface area contributed by atoms with Crippen molar-refractivity contribution in [3.8, 4) is 0 Å². The van der Waals surface area contributed by atoms with E-state index < -0.39 is 0 Å². The van der Waals surface area contributed by atoms with Crippen LogP contribution in [-0.2, 0) is 4.74 Å². The van der Waals surface area contributed by atoms with Crippen molar-refractivity contribution in [2.24, 2.45) is 5.92 Å². The molecule has 1 N–H and O–H groups in total. The second kappa shape index (κ2) is 6.73. The zero-order valence-corrected chi connectivity index (χ0v) is 13.2. The minimum absolute atomic E-state index is 0.478. The van der Waals surface area contributed by atoms with Gasteiger partial charge in [-0.2, -0.15) is 0 Å². The average Bonchev–Trinajstić information content (AvgIpc) is 2.48. The Balaban J connectivity index is 1.56. The third kappa shape index (κ3) is 3.35. The number of fused-ring (bicyclic) bond motifs is 1. The summed E-state index contributed by atoms with van der Waals surface area (Å²) in [6.45, 7) is 5.82. The van der Waals surface area contributed by atoms with Gasteiger partial charge in [-0.1, -0.05) is 0 Å². The number of piperidine rings is 1. The van der Waals surface area contributed by atoms with Crippen molar-refractivity contribution in [2.45, 2.75) is 50.3 Å². The van der Waals surface area contributed by atoms with Crippen molar-refractivity contribution in [3.63, 3.8) is 0 Å². The van der Waals surface area contributed by atoms with E-state index in [0.717, 1.165) is 25.1 Å². The number of nitrogens with one attached hydrogen (secondary N) is 1. The second-order valence-corrected chi connectivity index (χ2v) is 7.10. The van der Waals surface area contributed by atoms with Crippen LogP contribution in [0.1, 0.15) is 32.1 Å². The van der Waals surface area contributed by atoms with Gasteiger partial charge >= 0.3 is 0 Å². The molecule has 2 saturated heterocycles. The highest BCUT2D eigenvalue weighted by Gasteiger charge is 2.38. The van der Waals surface area contributed by atoms with E-state index in [-0.39, 0.29) is 0 Å². The molecule has 3 fully saturated rings. The largest absolute Gasteiger partial charge is 0.375 e. The molecule has 4 heteroatoms. The van der Waals surface area contributed by atoms with Crippen LogP contribution < -0.4 is 5.32 Å². The first-order chi connectivity index (χ1) is 9.74. The highest BCUT2D eigenvalue weighted by Crippen LogP contribution is 2.31. The molecule has 2 aliphatic heterocycles. The smallest absolute Gasteiger partial charge is 0.0745 e. The van der Waals surface area contributed by atoms with Crippen molar-refractivity contribution < 1.29 is 4.74 Å². The van der Waals surface area contributed by atoms with E-state index in [1.807, 2.05) is 0 Å². The normalized spacial score (nSPS) is 37.0. The van der Waals surface area contributed by atoms with E-state index in [1.54, 1.807) is 0 Å². The van der Waals surface area contributed by atoms with Crippen molar-refractivity contribution in [2.75, 3.05) is 46.9 Å². The molecule has 0 spiro atoms. The molecule has 3 atom stereocenters. The Morgan fingerprint density at radius 3 is 2.70 bits per heavy atom. The van der Waals surface area contributed by atoms with Crippen LogP contribution in [0.4, 0.5) is 0 Å². The molecule has 20 heavy (non-hydrogen) atoms. The summed E-state index contributed by atoms with van der Waals surface area (Å²) >= 11 is 0. The first-order valence-electron chi connectivity index (χ1n) is 8.47. The molecule has 0 amide bonds. The summed E-state index contributed by atoms with van der Waals surface area (Å²) in [7, 11) is 4.42. The van der Waals surface area contributed by atoms with Crippen molar-refractivity contribution >= 4 is 0 Å². The molecule has 0 aromatic carbocycles. The van der Waals surface area contributed by atoms with Gasteiger partial charge in [-0.3, -0.25) is 4.90 Å². The van der Waals surface area contributed by atoms with Crippen LogP contribution in [-0.4, -0.2) is 74.9 Å². The van der Waals surface area contributed by atoms with Crippen LogP contribution in [0.15, 0.2) is 0 Å². The summed E-state index contributed by atoms with van der Waals surface area (Å²) < 4.78 is 6.10. The van der Waals surface area contributed by atoms with E-state index >= 15 is 0 Å². The van der Waals surface area contributed by atoms with Gasteiger partial charge in [0.25, 0.3) is 0 Å². The van der Waals surface area contributed by atoms with Crippen LogP contribution in [0.25, 0.3) is 0 Å². The lowest BCUT2D eigenvalue weighted by Gasteiger charge is -2.48. The fourth-order valence-corrected chi connectivity index (χ4v) is 4.27. The highest BCUT2D eigenvalue weighted by atomic mass is 16.5. The van der Waals surface area contributed by atoms with Crippen LogP contribution in [0, 0.1) is 5.92 Å². The molecule has 0 bridgehead atoms. The summed E-state index contributed by atoms with van der Waals surface area (Å²) in [5.41, 5.74) is 0. The van der Waals surface area contributed by atoms with Gasteiger partial charge in [0.2, 0.25) is 0 Å². The molecule has 0 radical (unpaired) electrons. The number of rotatable bonds is 3. The summed E-state index contributed by atoms with van der Waals surface area (Å²) in [5.74, 6) is 0.904. The SMILES string of the molecule is CN(C)C1CCC2C(C1)OCCN2CC1CCNCC1. The second-order valence-electron chi connectivity index (χ2n) is 7.10. The lowest BCUT2D eigenvalue weighted by molar-refractivity contribution is -0.104. The van der Waals surface area contributed by atoms with E-state index in [9.17, 15) is 0 Å². The molecular formula is C16H31N3O. The number of hydrogen-bond acceptors (Lipinski definition) is 4. The predicted molar refractivity (Wildman–Crippen MR) is 82.0 cm³/mol. The summed E-state index contributed by atoms with van der Waals surface area (Å²) in [4.78, 5) is 5.14. The maximum absolute atomic E-state index is 6.10. The zero-order chi connectivity index (χ0) is 13.9. The first-order valence-corrected chi connectivity index (χ1v) is 8.47. The third-order valence-corrected chi connectivity index (χ3v) is 5.59. The lowest BCUT2D eigenvalue weighted by atomic mass is 9.85. The monoisotopic (exact) mass is 281 g/mol. The first kappa shape index (κ1) is 14.8. The van der Waals surface area contributed by atoms with E-state index in [1.165, 1.54) is 51.7 Å². The molecule has 0 aromatic heterocycles. The van der Waals surface area contributed by atoms with Gasteiger partial charge < -0.3 is 15.0 Å². The lowest BCUT2D eigenvalue weighted by Crippen LogP contribution is -2.57. The van der Waals surface area contributed by atoms with Crippen LogP contribution >= 0.6 is 0 Å². The third-order valence-electron chi connectivity index (χ3n) is 5.59. The number of morpholine rings is 1. The Morgan fingerprint density at radius 2 is 1.95 bits per heavy atom. The van der Waals surface area contributed by atoms with Crippen LogP contribution in [0.3, 0.4) is 0 Å². The van der Waals surface area contributed by atoms with Gasteiger partial charge in [0.15, 0.2) is 0 Å². The Kier molecular flexibility index (Phi) is 4.97. The number of nitrogens with zero attached hydrogens (tertiary/aromatic N) is 2. The molecule has 3 rings (SSSR count). The maximum atomic E-state index is 6.10. The Bertz CT molecular complexity index is 304. The van der Waals surface area contributed by atoms with Gasteiger partial charge in [-0.15, -0.1) is 0 Å². The maximum Gasteiger partial charge on any atom is 0.0745 e. The fourth-order valence-electron chi connectivity index (χ4n) is 4.27. The van der Waals surface area contributed by atoms with Crippen LogP contribution in [0.2, 0.25) is 0 Å². The summed E-state index contributed by atoms with van der Waals surface area (Å²) in [5, 5.41) is 3.48. The number of ether oxygens (including phenoxy) is 1. The molecule has 1 saturated carbocycles. The van der Waals surface area contributed by atoms with Crippen molar-refractivity contribution in [1.29, 1.82) is 0 Å². The predicted octanol–water partition coefficient (Wildman–Crippen LogP) is 1.17. The van der Waals surface area contributed by atoms with E-state index in [0.29, 0.717) is 12.1 Å². The van der Waals surface area contributed by atoms with Crippen molar-refractivity contribution in [1.82, 2.24) is 15.1 Å². The minimum atomic E-state index is 0.478. The van der Waals surface area contributed by atoms with Gasteiger partial charge in [-0.05, 0) is 65.2 Å². The van der Waals surface area contributed by atoms with E-state index in [4.69, 9.17) is 4.74 Å². The molecular weight excluding hydrogens is 250 g/mol. The Morgan fingerprint density at radius 1 is 1.15 bits per heavy atom. The van der Waals surface area contributed by atoms with Gasteiger partial charge in [0, 0.05) is 25.2 Å². The van der Waals surface area contributed by atoms with Crippen molar-refractivity contribution in [3.05, 3.63) is 0 Å². The summed E-state index contributed by atoms with van der Waals surface area (Å²) in [6, 6.07) is 1.41. The van der Waals surface area contributed by atoms with Gasteiger partial charge in [-0.25, -0.2) is 0 Å². The topological polar surface area (TPSA) is 27.7 Å². The molecule has 1 aliphatic carbocycles.